The number of imide groups is 2. The molecule has 8 aromatic rings. The molecule has 4 amide bonds. The molecule has 1 N–H and O–H groups in total. The molecule has 69 heavy (non-hydrogen) atoms. The van der Waals surface area contributed by atoms with Gasteiger partial charge in [0.1, 0.15) is 5.82 Å². The van der Waals surface area contributed by atoms with Crippen LogP contribution >= 0.6 is 0 Å². The molecule has 3 heterocycles. The number of hydrogen-bond donors (Lipinski definition) is 1. The fourth-order valence-electron chi connectivity index (χ4n) is 10.7. The van der Waals surface area contributed by atoms with Gasteiger partial charge in [0.05, 0.1) is 11.4 Å². The number of nitrogens with one attached hydrogen (secondary N) is 1. The van der Waals surface area contributed by atoms with E-state index in [1.54, 1.807) is 36.9 Å². The first kappa shape index (κ1) is 46.7. The van der Waals surface area contributed by atoms with Gasteiger partial charge < -0.3 is 10.3 Å². The quantitative estimate of drug-likeness (QED) is 0.0653. The van der Waals surface area contributed by atoms with Crippen molar-refractivity contribution < 1.29 is 19.2 Å². The molecule has 350 valence electrons. The molecular formula is C58H59N7O4. The summed E-state index contributed by atoms with van der Waals surface area (Å²) in [5.74, 6) is -0.529. The highest BCUT2D eigenvalue weighted by Gasteiger charge is 2.42. The van der Waals surface area contributed by atoms with Gasteiger partial charge in [-0.15, -0.1) is 0 Å². The largest absolute Gasteiger partial charge is 0.347 e. The van der Waals surface area contributed by atoms with Gasteiger partial charge in [-0.3, -0.25) is 19.2 Å². The van der Waals surface area contributed by atoms with Crippen LogP contribution in [0.3, 0.4) is 0 Å². The second kappa shape index (κ2) is 17.0. The molecule has 0 spiro atoms. The van der Waals surface area contributed by atoms with Crippen molar-refractivity contribution in [1.82, 2.24) is 15.0 Å². The zero-order valence-corrected chi connectivity index (χ0v) is 42.1. The van der Waals surface area contributed by atoms with Crippen molar-refractivity contribution in [3.05, 3.63) is 129 Å². The first-order valence-corrected chi connectivity index (χ1v) is 24.1. The Labute approximate surface area is 403 Å². The zero-order valence-electron chi connectivity index (χ0n) is 42.1. The van der Waals surface area contributed by atoms with E-state index >= 15 is 19.2 Å². The summed E-state index contributed by atoms with van der Waals surface area (Å²) in [6.45, 7) is 24.0. The maximum Gasteiger partial charge on any atom is 0.266 e. The van der Waals surface area contributed by atoms with Crippen LogP contribution in [0.1, 0.15) is 175 Å². The molecule has 10 rings (SSSR count). The van der Waals surface area contributed by atoms with Crippen LogP contribution in [-0.2, 0) is 0 Å². The number of aromatic nitrogens is 3. The minimum atomic E-state index is -0.464. The zero-order chi connectivity index (χ0) is 49.8. The van der Waals surface area contributed by atoms with Crippen LogP contribution in [0.25, 0.3) is 54.5 Å². The molecule has 11 heteroatoms. The molecule has 7 aromatic carbocycles. The maximum atomic E-state index is 15.5. The molecule has 0 fully saturated rings. The lowest BCUT2D eigenvalue weighted by Crippen LogP contribution is -2.42. The monoisotopic (exact) mass is 917 g/mol. The van der Waals surface area contributed by atoms with Crippen molar-refractivity contribution >= 4 is 89.8 Å². The molecule has 2 aliphatic rings. The summed E-state index contributed by atoms with van der Waals surface area (Å²) in [5.41, 5.74) is 7.37. The number of carbonyl (C=O) groups excluding carboxylic acids is 4. The highest BCUT2D eigenvalue weighted by atomic mass is 16.2. The number of hydrogen-bond acceptors (Lipinski definition) is 9. The van der Waals surface area contributed by atoms with Gasteiger partial charge in [0.2, 0.25) is 5.95 Å². The smallest absolute Gasteiger partial charge is 0.266 e. The number of rotatable bonds is 9. The number of aryl methyl sites for hydroxylation is 1. The molecule has 0 saturated carbocycles. The van der Waals surface area contributed by atoms with Crippen LogP contribution in [-0.4, -0.2) is 58.4 Å². The molecule has 2 aliphatic heterocycles. The van der Waals surface area contributed by atoms with E-state index in [0.717, 1.165) is 22.3 Å². The molecule has 0 radical (unpaired) electrons. The van der Waals surface area contributed by atoms with Crippen molar-refractivity contribution in [2.75, 3.05) is 28.8 Å². The van der Waals surface area contributed by atoms with Gasteiger partial charge in [0.15, 0.2) is 5.82 Å². The van der Waals surface area contributed by atoms with Crippen LogP contribution in [0.15, 0.2) is 72.8 Å². The second-order valence-electron chi connectivity index (χ2n) is 19.6. The molecular weight excluding hydrogens is 859 g/mol. The van der Waals surface area contributed by atoms with E-state index in [9.17, 15) is 5.41 Å². The number of para-hydroxylation sites is 2. The Morgan fingerprint density at radius 2 is 0.913 bits per heavy atom. The molecule has 1 aromatic heterocycles. The number of amides is 4. The third kappa shape index (κ3) is 6.83. The molecule has 11 nitrogen and oxygen atoms in total. The highest BCUT2D eigenvalue weighted by Crippen LogP contribution is 2.52. The Morgan fingerprint density at radius 3 is 1.33 bits per heavy atom. The van der Waals surface area contributed by atoms with E-state index in [0.29, 0.717) is 105 Å². The van der Waals surface area contributed by atoms with Crippen LogP contribution in [0, 0.1) is 12.3 Å². The van der Waals surface area contributed by atoms with Crippen LogP contribution in [0.5, 0.6) is 0 Å². The predicted molar refractivity (Wildman–Crippen MR) is 281 cm³/mol. The summed E-state index contributed by atoms with van der Waals surface area (Å²) in [7, 11) is 3.70. The normalized spacial score (nSPS) is 13.7. The average molecular weight is 918 g/mol. The summed E-state index contributed by atoms with van der Waals surface area (Å²) in [6.07, 6.45) is 0. The standard InChI is InChI=1S/C56H53N7O4.C2H6/c1-25(2)31-15-13-16-32(26(3)4)49(31)62-52(64)37-22-20-36-44-40(51-58-30(10)59-56(60-51)61(11)12)24-42-46-38(53(65)63(55(42)67)50-33(27(5)6)17-14-18-34(50)28(7)8)21-19-35(48(44)46)43-39(29(9)57)23-41(54(62)66)45(37)47(36)43;1-2/h13-28,57H,1-12H3;1-2H3. The van der Waals surface area contributed by atoms with Crippen LogP contribution < -0.4 is 14.7 Å². The Morgan fingerprint density at radius 1 is 0.507 bits per heavy atom. The lowest BCUT2D eigenvalue weighted by atomic mass is 9.78. The lowest BCUT2D eigenvalue weighted by Gasteiger charge is -2.34. The first-order chi connectivity index (χ1) is 32.8. The van der Waals surface area contributed by atoms with Gasteiger partial charge in [-0.25, -0.2) is 14.8 Å². The van der Waals surface area contributed by atoms with Crippen LogP contribution in [0.4, 0.5) is 17.3 Å². The van der Waals surface area contributed by atoms with Gasteiger partial charge in [0.25, 0.3) is 23.6 Å². The van der Waals surface area contributed by atoms with Gasteiger partial charge >= 0.3 is 0 Å². The van der Waals surface area contributed by atoms with Crippen molar-refractivity contribution in [1.29, 1.82) is 5.41 Å². The Kier molecular flexibility index (Phi) is 11.5. The summed E-state index contributed by atoms with van der Waals surface area (Å²) in [6, 6.07) is 22.9. The summed E-state index contributed by atoms with van der Waals surface area (Å²) in [5, 5.41) is 14.2. The summed E-state index contributed by atoms with van der Waals surface area (Å²) < 4.78 is 0. The highest BCUT2D eigenvalue weighted by molar-refractivity contribution is 6.48. The van der Waals surface area contributed by atoms with E-state index in [4.69, 9.17) is 9.97 Å². The number of anilines is 3. The van der Waals surface area contributed by atoms with E-state index in [1.807, 2.05) is 82.5 Å². The Bertz CT molecular complexity index is 3490. The van der Waals surface area contributed by atoms with Crippen molar-refractivity contribution in [3.63, 3.8) is 0 Å². The SMILES string of the molecule is CC.CC(=N)c1cc2c3c(ccc4c5c(-c6nc(C)nc(N(C)C)n6)cc6c7c(ccc(c1c34)c75)C(=O)N(c1c(C(C)C)cccc1C(C)C)C6=O)C(=O)N(c1c(C(C)C)cccc1C(C)C)C2=O. The van der Waals surface area contributed by atoms with Gasteiger partial charge in [-0.05, 0) is 111 Å². The van der Waals surface area contributed by atoms with E-state index in [-0.39, 0.29) is 29.4 Å². The fourth-order valence-corrected chi connectivity index (χ4v) is 10.7. The Balaban J connectivity index is 0.00000293. The average Bonchev–Trinajstić information content (AvgIpc) is 3.31. The molecule has 0 atom stereocenters. The number of benzene rings is 7. The first-order valence-electron chi connectivity index (χ1n) is 24.1. The van der Waals surface area contributed by atoms with Crippen LogP contribution in [0.2, 0.25) is 0 Å². The molecule has 0 bridgehead atoms. The fraction of sp³-hybridized carbons (Fsp3) is 0.310. The Hall–Kier alpha value is -7.40. The van der Waals surface area contributed by atoms with Gasteiger partial charge in [-0.1, -0.05) is 118 Å². The number of carbonyl (C=O) groups is 4. The predicted octanol–water partition coefficient (Wildman–Crippen LogP) is 13.5. The second-order valence-corrected chi connectivity index (χ2v) is 19.6. The molecule has 0 aliphatic carbocycles. The maximum absolute atomic E-state index is 15.5. The summed E-state index contributed by atoms with van der Waals surface area (Å²) in [4.78, 5) is 80.4. The van der Waals surface area contributed by atoms with Crippen molar-refractivity contribution in [2.45, 2.75) is 107 Å². The van der Waals surface area contributed by atoms with Crippen molar-refractivity contribution in [2.24, 2.45) is 0 Å². The molecule has 0 saturated heterocycles. The van der Waals surface area contributed by atoms with Gasteiger partial charge in [-0.2, -0.15) is 9.97 Å². The van der Waals surface area contributed by atoms with E-state index < -0.39 is 23.6 Å². The van der Waals surface area contributed by atoms with E-state index in [2.05, 4.69) is 60.4 Å². The lowest BCUT2D eigenvalue weighted by molar-refractivity contribution is 0.0877. The third-order valence-corrected chi connectivity index (χ3v) is 13.8. The molecule has 0 unspecified atom stereocenters. The number of fused-ring (bicyclic) bond motifs is 2. The minimum Gasteiger partial charge on any atom is -0.347 e. The number of nitrogens with zero attached hydrogens (tertiary/aromatic N) is 6. The third-order valence-electron chi connectivity index (χ3n) is 13.8. The minimum absolute atomic E-state index is 0.00807. The van der Waals surface area contributed by atoms with E-state index in [1.165, 1.54) is 9.80 Å². The topological polar surface area (TPSA) is 141 Å². The van der Waals surface area contributed by atoms with Gasteiger partial charge in [0, 0.05) is 69.3 Å². The summed E-state index contributed by atoms with van der Waals surface area (Å²) >= 11 is 0. The van der Waals surface area contributed by atoms with Crippen molar-refractivity contribution in [3.8, 4) is 11.4 Å².